The van der Waals surface area contributed by atoms with Crippen molar-refractivity contribution in [3.05, 3.63) is 11.6 Å². The van der Waals surface area contributed by atoms with Crippen LogP contribution in [0.15, 0.2) is 11.6 Å². The van der Waals surface area contributed by atoms with Crippen molar-refractivity contribution in [1.29, 1.82) is 0 Å². The van der Waals surface area contributed by atoms with E-state index in [1.807, 2.05) is 0 Å². The molecule has 1 aliphatic rings. The predicted octanol–water partition coefficient (Wildman–Crippen LogP) is 2.71. The molecule has 0 aromatic rings. The number of aliphatic hydroxyl groups is 1. The molecule has 0 saturated carbocycles. The van der Waals surface area contributed by atoms with Crippen LogP contribution in [0.3, 0.4) is 0 Å². The fourth-order valence-corrected chi connectivity index (χ4v) is 3.04. The number of rotatable bonds is 5. The highest BCUT2D eigenvalue weighted by Crippen LogP contribution is 2.33. The van der Waals surface area contributed by atoms with Gasteiger partial charge >= 0.3 is 0 Å². The van der Waals surface area contributed by atoms with Gasteiger partial charge in [0.2, 0.25) is 0 Å². The molecule has 94 valence electrons. The molecule has 1 aliphatic carbocycles. The summed E-state index contributed by atoms with van der Waals surface area (Å²) in [7, 11) is 0. The van der Waals surface area contributed by atoms with Crippen molar-refractivity contribution in [2.75, 3.05) is 6.54 Å². The highest BCUT2D eigenvalue weighted by atomic mass is 16.3. The molecule has 16 heavy (non-hydrogen) atoms. The van der Waals surface area contributed by atoms with Gasteiger partial charge in [-0.05, 0) is 50.5 Å². The molecule has 0 amide bonds. The lowest BCUT2D eigenvalue weighted by atomic mass is 9.76. The second kappa shape index (κ2) is 6.41. The molecule has 0 aromatic carbocycles. The molecule has 0 radical (unpaired) electrons. The van der Waals surface area contributed by atoms with E-state index < -0.39 is 0 Å². The zero-order valence-electron chi connectivity index (χ0n) is 10.9. The molecule has 0 spiro atoms. The number of hydrogen-bond donors (Lipinski definition) is 2. The Hall–Kier alpha value is -0.340. The van der Waals surface area contributed by atoms with E-state index in [1.165, 1.54) is 5.57 Å². The molecule has 0 bridgehead atoms. The van der Waals surface area contributed by atoms with Crippen LogP contribution in [0.1, 0.15) is 46.5 Å². The van der Waals surface area contributed by atoms with E-state index in [1.54, 1.807) is 0 Å². The summed E-state index contributed by atoms with van der Waals surface area (Å²) >= 11 is 0. The Morgan fingerprint density at radius 2 is 2.25 bits per heavy atom. The standard InChI is InChI=1S/C14H27NO/c1-4-5-12(9-15)14(16)13-7-10(2)6-11(3)8-13/h6,10,12-14,16H,4-5,7-9,15H2,1-3H3. The SMILES string of the molecule is CCCC(CN)C(O)C1CC(C)=CC(C)C1. The van der Waals surface area contributed by atoms with E-state index in [2.05, 4.69) is 26.8 Å². The lowest BCUT2D eigenvalue weighted by Crippen LogP contribution is -2.36. The topological polar surface area (TPSA) is 46.2 Å². The fourth-order valence-electron chi connectivity index (χ4n) is 3.04. The highest BCUT2D eigenvalue weighted by molar-refractivity contribution is 5.07. The van der Waals surface area contributed by atoms with E-state index in [-0.39, 0.29) is 12.0 Å². The summed E-state index contributed by atoms with van der Waals surface area (Å²) in [6.45, 7) is 7.18. The number of nitrogens with two attached hydrogens (primary N) is 1. The monoisotopic (exact) mass is 225 g/mol. The van der Waals surface area contributed by atoms with Gasteiger partial charge in [0.05, 0.1) is 6.10 Å². The van der Waals surface area contributed by atoms with E-state index >= 15 is 0 Å². The van der Waals surface area contributed by atoms with Crippen molar-refractivity contribution in [2.45, 2.75) is 52.6 Å². The third kappa shape index (κ3) is 3.60. The molecule has 4 atom stereocenters. The summed E-state index contributed by atoms with van der Waals surface area (Å²) in [6, 6.07) is 0. The number of hydrogen-bond acceptors (Lipinski definition) is 2. The van der Waals surface area contributed by atoms with Gasteiger partial charge in [0, 0.05) is 0 Å². The van der Waals surface area contributed by atoms with Crippen molar-refractivity contribution in [3.8, 4) is 0 Å². The normalized spacial score (nSPS) is 29.7. The first-order valence-corrected chi connectivity index (χ1v) is 6.63. The largest absolute Gasteiger partial charge is 0.392 e. The Kier molecular flexibility index (Phi) is 5.50. The van der Waals surface area contributed by atoms with Crippen molar-refractivity contribution < 1.29 is 5.11 Å². The average molecular weight is 225 g/mol. The van der Waals surface area contributed by atoms with Crippen LogP contribution in [0, 0.1) is 17.8 Å². The van der Waals surface area contributed by atoms with Crippen LogP contribution in [-0.4, -0.2) is 17.8 Å². The zero-order valence-corrected chi connectivity index (χ0v) is 10.9. The van der Waals surface area contributed by atoms with E-state index in [4.69, 9.17) is 5.73 Å². The molecule has 0 fully saturated rings. The van der Waals surface area contributed by atoms with Gasteiger partial charge in [0.15, 0.2) is 0 Å². The van der Waals surface area contributed by atoms with Crippen LogP contribution in [0.2, 0.25) is 0 Å². The third-order valence-electron chi connectivity index (χ3n) is 3.76. The number of allylic oxidation sites excluding steroid dienone is 2. The number of aliphatic hydroxyl groups excluding tert-OH is 1. The summed E-state index contributed by atoms with van der Waals surface area (Å²) in [6.07, 6.45) is 6.43. The molecule has 3 N–H and O–H groups in total. The van der Waals surface area contributed by atoms with Crippen LogP contribution >= 0.6 is 0 Å². The Morgan fingerprint density at radius 1 is 1.56 bits per heavy atom. The Balaban J connectivity index is 2.59. The molecule has 2 nitrogen and oxygen atoms in total. The summed E-state index contributed by atoms with van der Waals surface area (Å²) in [5.41, 5.74) is 7.19. The Labute approximate surface area is 99.9 Å². The van der Waals surface area contributed by atoms with Crippen molar-refractivity contribution in [2.24, 2.45) is 23.5 Å². The zero-order chi connectivity index (χ0) is 12.1. The highest BCUT2D eigenvalue weighted by Gasteiger charge is 2.29. The van der Waals surface area contributed by atoms with Crippen molar-refractivity contribution in [1.82, 2.24) is 0 Å². The van der Waals surface area contributed by atoms with E-state index in [0.29, 0.717) is 18.4 Å². The first kappa shape index (κ1) is 13.7. The minimum absolute atomic E-state index is 0.212. The maximum atomic E-state index is 10.4. The summed E-state index contributed by atoms with van der Waals surface area (Å²) in [5, 5.41) is 10.4. The smallest absolute Gasteiger partial charge is 0.0611 e. The summed E-state index contributed by atoms with van der Waals surface area (Å²) < 4.78 is 0. The van der Waals surface area contributed by atoms with Crippen LogP contribution in [-0.2, 0) is 0 Å². The minimum atomic E-state index is -0.212. The van der Waals surface area contributed by atoms with Crippen LogP contribution in [0.4, 0.5) is 0 Å². The van der Waals surface area contributed by atoms with Gasteiger partial charge < -0.3 is 10.8 Å². The van der Waals surface area contributed by atoms with Crippen LogP contribution in [0.25, 0.3) is 0 Å². The maximum absolute atomic E-state index is 10.4. The predicted molar refractivity (Wildman–Crippen MR) is 69.1 cm³/mol. The molecule has 0 aliphatic heterocycles. The van der Waals surface area contributed by atoms with Gasteiger partial charge in [0.1, 0.15) is 0 Å². The average Bonchev–Trinajstić information content (AvgIpc) is 2.23. The second-order valence-electron chi connectivity index (χ2n) is 5.47. The lowest BCUT2D eigenvalue weighted by molar-refractivity contribution is 0.0388. The molecule has 0 saturated heterocycles. The molecule has 4 unspecified atom stereocenters. The van der Waals surface area contributed by atoms with E-state index in [0.717, 1.165) is 25.7 Å². The Bertz CT molecular complexity index is 237. The van der Waals surface area contributed by atoms with Gasteiger partial charge in [-0.1, -0.05) is 31.9 Å². The summed E-state index contributed by atoms with van der Waals surface area (Å²) in [5.74, 6) is 1.31. The van der Waals surface area contributed by atoms with Gasteiger partial charge in [-0.3, -0.25) is 0 Å². The maximum Gasteiger partial charge on any atom is 0.0611 e. The van der Waals surface area contributed by atoms with Gasteiger partial charge in [-0.25, -0.2) is 0 Å². The van der Waals surface area contributed by atoms with Gasteiger partial charge in [-0.2, -0.15) is 0 Å². The molecular weight excluding hydrogens is 198 g/mol. The quantitative estimate of drug-likeness (QED) is 0.707. The Morgan fingerprint density at radius 3 is 2.75 bits per heavy atom. The molecule has 0 aromatic heterocycles. The van der Waals surface area contributed by atoms with Crippen LogP contribution in [0.5, 0.6) is 0 Å². The van der Waals surface area contributed by atoms with Crippen molar-refractivity contribution >= 4 is 0 Å². The minimum Gasteiger partial charge on any atom is -0.392 e. The van der Waals surface area contributed by atoms with Crippen molar-refractivity contribution in [3.63, 3.8) is 0 Å². The second-order valence-corrected chi connectivity index (χ2v) is 5.47. The summed E-state index contributed by atoms with van der Waals surface area (Å²) in [4.78, 5) is 0. The first-order valence-electron chi connectivity index (χ1n) is 6.63. The van der Waals surface area contributed by atoms with E-state index in [9.17, 15) is 5.11 Å². The van der Waals surface area contributed by atoms with Crippen LogP contribution < -0.4 is 5.73 Å². The molecular formula is C14H27NO. The molecule has 1 rings (SSSR count). The third-order valence-corrected chi connectivity index (χ3v) is 3.76. The first-order chi connectivity index (χ1) is 7.58. The molecule has 0 heterocycles. The lowest BCUT2D eigenvalue weighted by Gasteiger charge is -2.33. The van der Waals surface area contributed by atoms with Gasteiger partial charge in [0.25, 0.3) is 0 Å². The molecule has 2 heteroatoms. The van der Waals surface area contributed by atoms with Gasteiger partial charge in [-0.15, -0.1) is 0 Å². The fraction of sp³-hybridized carbons (Fsp3) is 0.857.